The highest BCUT2D eigenvalue weighted by molar-refractivity contribution is 5.83. The van der Waals surface area contributed by atoms with Gasteiger partial charge in [0.1, 0.15) is 12.3 Å². The monoisotopic (exact) mass is 287 g/mol. The van der Waals surface area contributed by atoms with Crippen LogP contribution in [0.2, 0.25) is 0 Å². The molecule has 1 rings (SSSR count). The minimum absolute atomic E-state index is 0.0238. The zero-order valence-electron chi connectivity index (χ0n) is 10.9. The van der Waals surface area contributed by atoms with E-state index in [2.05, 4.69) is 14.8 Å². The summed E-state index contributed by atoms with van der Waals surface area (Å²) in [5, 5.41) is 2.40. The molecule has 0 unspecified atom stereocenters. The Balaban J connectivity index is 2.40. The standard InChI is InChI=1S/C13H15F2NO4/c1-2-19-12(18)8-16-11(17)7-9-3-5-10(6-4-9)20-13(14)15/h3-6,13H,2,7-8H2,1H3,(H,16,17). The van der Waals surface area contributed by atoms with Gasteiger partial charge in [0.25, 0.3) is 0 Å². The van der Waals surface area contributed by atoms with Crippen LogP contribution in [0.25, 0.3) is 0 Å². The molecular weight excluding hydrogens is 272 g/mol. The number of carbonyl (C=O) groups excluding carboxylic acids is 2. The van der Waals surface area contributed by atoms with Gasteiger partial charge in [0.15, 0.2) is 0 Å². The number of hydrogen-bond acceptors (Lipinski definition) is 4. The van der Waals surface area contributed by atoms with E-state index in [1.165, 1.54) is 24.3 Å². The molecule has 0 saturated heterocycles. The molecule has 0 radical (unpaired) electrons. The van der Waals surface area contributed by atoms with Crippen molar-refractivity contribution in [2.45, 2.75) is 20.0 Å². The summed E-state index contributed by atoms with van der Waals surface area (Å²) in [5.41, 5.74) is 0.618. The number of ether oxygens (including phenoxy) is 2. The summed E-state index contributed by atoms with van der Waals surface area (Å²) < 4.78 is 32.7. The topological polar surface area (TPSA) is 64.6 Å². The van der Waals surface area contributed by atoms with E-state index in [1.54, 1.807) is 6.92 Å². The fraction of sp³-hybridized carbons (Fsp3) is 0.385. The maximum absolute atomic E-state index is 11.9. The van der Waals surface area contributed by atoms with Gasteiger partial charge in [0.2, 0.25) is 5.91 Å². The van der Waals surface area contributed by atoms with Crippen LogP contribution in [0.1, 0.15) is 12.5 Å². The average molecular weight is 287 g/mol. The molecule has 0 bridgehead atoms. The number of alkyl halides is 2. The molecule has 0 spiro atoms. The smallest absolute Gasteiger partial charge is 0.387 e. The van der Waals surface area contributed by atoms with E-state index in [0.29, 0.717) is 5.56 Å². The summed E-state index contributed by atoms with van der Waals surface area (Å²) in [6, 6.07) is 5.70. The van der Waals surface area contributed by atoms with E-state index in [-0.39, 0.29) is 31.2 Å². The summed E-state index contributed by atoms with van der Waals surface area (Å²) in [6.45, 7) is -1.16. The van der Waals surface area contributed by atoms with Crippen molar-refractivity contribution >= 4 is 11.9 Å². The molecule has 0 aliphatic heterocycles. The van der Waals surface area contributed by atoms with Crippen LogP contribution in [0.5, 0.6) is 5.75 Å². The van der Waals surface area contributed by atoms with Gasteiger partial charge in [-0.25, -0.2) is 0 Å². The summed E-state index contributed by atoms with van der Waals surface area (Å²) in [6.07, 6.45) is 0.0361. The Morgan fingerprint density at radius 3 is 2.45 bits per heavy atom. The van der Waals surface area contributed by atoms with Gasteiger partial charge < -0.3 is 14.8 Å². The molecular formula is C13H15F2NO4. The normalized spacial score (nSPS) is 10.2. The SMILES string of the molecule is CCOC(=O)CNC(=O)Cc1ccc(OC(F)F)cc1. The number of benzene rings is 1. The second-order valence-corrected chi connectivity index (χ2v) is 3.78. The van der Waals surface area contributed by atoms with E-state index in [4.69, 9.17) is 0 Å². The van der Waals surface area contributed by atoms with E-state index in [9.17, 15) is 18.4 Å². The molecule has 1 aromatic rings. The maximum atomic E-state index is 11.9. The predicted octanol–water partition coefficient (Wildman–Crippen LogP) is 1.51. The van der Waals surface area contributed by atoms with Crippen molar-refractivity contribution in [2.75, 3.05) is 13.2 Å². The highest BCUT2D eigenvalue weighted by Crippen LogP contribution is 2.15. The number of nitrogens with one attached hydrogen (secondary N) is 1. The predicted molar refractivity (Wildman–Crippen MR) is 66.4 cm³/mol. The van der Waals surface area contributed by atoms with Gasteiger partial charge in [-0.2, -0.15) is 8.78 Å². The van der Waals surface area contributed by atoms with Crippen molar-refractivity contribution in [1.82, 2.24) is 5.32 Å². The van der Waals surface area contributed by atoms with Crippen molar-refractivity contribution in [2.24, 2.45) is 0 Å². The largest absolute Gasteiger partial charge is 0.465 e. The summed E-state index contributed by atoms with van der Waals surface area (Å²) in [7, 11) is 0. The molecule has 20 heavy (non-hydrogen) atoms. The Hall–Kier alpha value is -2.18. The summed E-state index contributed by atoms with van der Waals surface area (Å²) in [5.74, 6) is -0.849. The first-order valence-electron chi connectivity index (χ1n) is 5.97. The van der Waals surface area contributed by atoms with E-state index < -0.39 is 12.6 Å². The lowest BCUT2D eigenvalue weighted by atomic mass is 10.1. The Bertz CT molecular complexity index is 448. The van der Waals surface area contributed by atoms with Crippen molar-refractivity contribution in [3.63, 3.8) is 0 Å². The maximum Gasteiger partial charge on any atom is 0.387 e. The van der Waals surface area contributed by atoms with Gasteiger partial charge in [0, 0.05) is 0 Å². The van der Waals surface area contributed by atoms with Crippen LogP contribution in [0, 0.1) is 0 Å². The summed E-state index contributed by atoms with van der Waals surface area (Å²) in [4.78, 5) is 22.5. The Kier molecular flexibility index (Phi) is 6.42. The van der Waals surface area contributed by atoms with Gasteiger partial charge in [-0.15, -0.1) is 0 Å². The molecule has 0 atom stereocenters. The lowest BCUT2D eigenvalue weighted by Gasteiger charge is -2.07. The molecule has 0 aliphatic rings. The van der Waals surface area contributed by atoms with Gasteiger partial charge in [0.05, 0.1) is 13.0 Å². The molecule has 1 aromatic carbocycles. The van der Waals surface area contributed by atoms with Gasteiger partial charge in [-0.05, 0) is 24.6 Å². The Morgan fingerprint density at radius 1 is 1.25 bits per heavy atom. The van der Waals surface area contributed by atoms with Crippen molar-refractivity contribution in [1.29, 1.82) is 0 Å². The van der Waals surface area contributed by atoms with Crippen molar-refractivity contribution in [3.05, 3.63) is 29.8 Å². The summed E-state index contributed by atoms with van der Waals surface area (Å²) >= 11 is 0. The van der Waals surface area contributed by atoms with Gasteiger partial charge in [-0.3, -0.25) is 9.59 Å². The number of halogens is 2. The molecule has 1 N–H and O–H groups in total. The lowest BCUT2D eigenvalue weighted by Crippen LogP contribution is -2.31. The third kappa shape index (κ3) is 6.12. The first-order chi connectivity index (χ1) is 9.51. The second-order valence-electron chi connectivity index (χ2n) is 3.78. The first-order valence-corrected chi connectivity index (χ1v) is 5.97. The number of carbonyl (C=O) groups is 2. The molecule has 7 heteroatoms. The van der Waals surface area contributed by atoms with Crippen LogP contribution < -0.4 is 10.1 Å². The quantitative estimate of drug-likeness (QED) is 0.772. The molecule has 0 saturated carbocycles. The minimum atomic E-state index is -2.88. The van der Waals surface area contributed by atoms with Crippen LogP contribution in [0.15, 0.2) is 24.3 Å². The van der Waals surface area contributed by atoms with Crippen LogP contribution in [0.3, 0.4) is 0 Å². The number of esters is 1. The van der Waals surface area contributed by atoms with E-state index >= 15 is 0 Å². The number of amides is 1. The molecule has 1 amide bonds. The van der Waals surface area contributed by atoms with E-state index in [1.807, 2.05) is 0 Å². The molecule has 0 fully saturated rings. The fourth-order valence-corrected chi connectivity index (χ4v) is 1.42. The lowest BCUT2D eigenvalue weighted by molar-refractivity contribution is -0.143. The van der Waals surface area contributed by atoms with Crippen molar-refractivity contribution in [3.8, 4) is 5.75 Å². The number of hydrogen-bond donors (Lipinski definition) is 1. The van der Waals surface area contributed by atoms with Crippen LogP contribution in [-0.4, -0.2) is 31.6 Å². The van der Waals surface area contributed by atoms with Crippen LogP contribution in [0.4, 0.5) is 8.78 Å². The molecule has 110 valence electrons. The second kappa shape index (κ2) is 8.08. The fourth-order valence-electron chi connectivity index (χ4n) is 1.42. The highest BCUT2D eigenvalue weighted by atomic mass is 19.3. The Morgan fingerprint density at radius 2 is 1.90 bits per heavy atom. The third-order valence-corrected chi connectivity index (χ3v) is 2.25. The average Bonchev–Trinajstić information content (AvgIpc) is 2.38. The van der Waals surface area contributed by atoms with Gasteiger partial charge in [-0.1, -0.05) is 12.1 Å². The zero-order valence-corrected chi connectivity index (χ0v) is 10.9. The molecule has 0 aliphatic carbocycles. The highest BCUT2D eigenvalue weighted by Gasteiger charge is 2.08. The molecule has 0 aromatic heterocycles. The Labute approximate surface area is 114 Å². The minimum Gasteiger partial charge on any atom is -0.465 e. The molecule has 5 nitrogen and oxygen atoms in total. The third-order valence-electron chi connectivity index (χ3n) is 2.25. The number of rotatable bonds is 7. The first kappa shape index (κ1) is 15.9. The van der Waals surface area contributed by atoms with Crippen molar-refractivity contribution < 1.29 is 27.8 Å². The van der Waals surface area contributed by atoms with E-state index in [0.717, 1.165) is 0 Å². The zero-order chi connectivity index (χ0) is 15.0. The van der Waals surface area contributed by atoms with Crippen LogP contribution >= 0.6 is 0 Å². The molecule has 0 heterocycles. The van der Waals surface area contributed by atoms with Gasteiger partial charge >= 0.3 is 12.6 Å². The van der Waals surface area contributed by atoms with Crippen LogP contribution in [-0.2, 0) is 20.7 Å².